The first-order valence-electron chi connectivity index (χ1n) is 25.3. The molecule has 4 aliphatic heterocycles. The molecule has 0 spiro atoms. The Hall–Kier alpha value is -4.65. The number of benzene rings is 10. The van der Waals surface area contributed by atoms with E-state index in [4.69, 9.17) is 0 Å². The van der Waals surface area contributed by atoms with Gasteiger partial charge in [-0.15, -0.1) is 0 Å². The summed E-state index contributed by atoms with van der Waals surface area (Å²) in [6.45, 7) is 12.7. The first-order valence-corrected chi connectivity index (χ1v) is 32.6. The van der Waals surface area contributed by atoms with Crippen LogP contribution in [0.15, 0.2) is 282 Å². The van der Waals surface area contributed by atoms with E-state index >= 15 is 0 Å². The molecule has 10 aromatic carbocycles. The predicted molar refractivity (Wildman–Crippen MR) is 330 cm³/mol. The molecule has 0 fully saturated rings. The van der Waals surface area contributed by atoms with E-state index in [9.17, 15) is 0 Å². The molecule has 0 N–H and O–H groups in total. The van der Waals surface area contributed by atoms with Gasteiger partial charge in [-0.25, -0.2) is 0 Å². The molecule has 75 heavy (non-hydrogen) atoms. The molecule has 0 unspecified atom stereocenters. The lowest BCUT2D eigenvalue weighted by Gasteiger charge is -2.25. The van der Waals surface area contributed by atoms with E-state index in [1.807, 2.05) is 134 Å². The molecule has 0 radical (unpaired) electrons. The minimum Gasteiger partial charge on any atom is -0.0900 e. The lowest BCUT2D eigenvalue weighted by Crippen LogP contribution is -1.98. The van der Waals surface area contributed by atoms with Gasteiger partial charge in [-0.1, -0.05) is 231 Å². The fourth-order valence-electron chi connectivity index (χ4n) is 9.79. The minimum absolute atomic E-state index is 1.22. The van der Waals surface area contributed by atoms with Crippen LogP contribution in [0.2, 0.25) is 0 Å². The van der Waals surface area contributed by atoms with Crippen LogP contribution in [0.5, 0.6) is 0 Å². The van der Waals surface area contributed by atoms with E-state index in [0.717, 1.165) is 0 Å². The van der Waals surface area contributed by atoms with Crippen LogP contribution < -0.4 is 0 Å². The Morgan fingerprint density at radius 3 is 0.653 bits per heavy atom. The zero-order chi connectivity index (χ0) is 51.2. The van der Waals surface area contributed by atoms with E-state index in [-0.39, 0.29) is 0 Å². The van der Waals surface area contributed by atoms with E-state index in [2.05, 4.69) is 208 Å². The second-order valence-corrected chi connectivity index (χ2v) is 27.2. The summed E-state index contributed by atoms with van der Waals surface area (Å²) in [4.78, 5) is 23.6. The topological polar surface area (TPSA) is 0 Å². The van der Waals surface area contributed by atoms with Crippen molar-refractivity contribution < 1.29 is 0 Å². The highest BCUT2D eigenvalue weighted by Crippen LogP contribution is 2.58. The molecular formula is C66H50S9. The van der Waals surface area contributed by atoms with Crippen molar-refractivity contribution in [2.24, 2.45) is 0 Å². The summed E-state index contributed by atoms with van der Waals surface area (Å²) in [5.74, 6) is 0. The van der Waals surface area contributed by atoms with Crippen LogP contribution in [0, 0.1) is 13.8 Å². The van der Waals surface area contributed by atoms with Gasteiger partial charge in [0.05, 0.1) is 0 Å². The molecule has 14 rings (SSSR count). The maximum atomic E-state index is 2.48. The van der Waals surface area contributed by atoms with Gasteiger partial charge < -0.3 is 0 Å². The van der Waals surface area contributed by atoms with E-state index in [1.165, 1.54) is 144 Å². The van der Waals surface area contributed by atoms with Crippen LogP contribution in [0.3, 0.4) is 0 Å². The Bertz CT molecular complexity index is 3370. The van der Waals surface area contributed by atoms with Crippen molar-refractivity contribution in [1.29, 1.82) is 0 Å². The van der Waals surface area contributed by atoms with Crippen LogP contribution in [0.1, 0.15) is 38.8 Å². The van der Waals surface area contributed by atoms with Crippen LogP contribution >= 0.6 is 106 Å². The number of fused-ring (bicyclic) bond motifs is 8. The van der Waals surface area contributed by atoms with Gasteiger partial charge in [0.15, 0.2) is 0 Å². The number of hydrogen-bond donors (Lipinski definition) is 0. The summed E-state index contributed by atoms with van der Waals surface area (Å²) in [6.07, 6.45) is 0. The van der Waals surface area contributed by atoms with Gasteiger partial charge in [0.25, 0.3) is 0 Å². The molecule has 4 heterocycles. The Morgan fingerprint density at radius 1 is 0.227 bits per heavy atom. The van der Waals surface area contributed by atoms with Crippen molar-refractivity contribution in [2.75, 3.05) is 0 Å². The largest absolute Gasteiger partial charge is 0.0900 e. The van der Waals surface area contributed by atoms with Crippen LogP contribution in [0.4, 0.5) is 0 Å². The van der Waals surface area contributed by atoms with Crippen molar-refractivity contribution in [3.8, 4) is 44.5 Å². The van der Waals surface area contributed by atoms with Crippen molar-refractivity contribution in [3.05, 3.63) is 205 Å². The number of hydrogen-bond acceptors (Lipinski definition) is 9. The van der Waals surface area contributed by atoms with E-state index in [1.54, 1.807) is 0 Å². The predicted octanol–water partition coefficient (Wildman–Crippen LogP) is 23.6. The van der Waals surface area contributed by atoms with Gasteiger partial charge in [-0.05, 0) is 167 Å². The van der Waals surface area contributed by atoms with E-state index in [0.29, 0.717) is 0 Å². The van der Waals surface area contributed by atoms with Gasteiger partial charge in [0, 0.05) is 88.1 Å². The second kappa shape index (κ2) is 22.4. The van der Waals surface area contributed by atoms with Gasteiger partial charge in [0.2, 0.25) is 0 Å². The molecule has 0 saturated heterocycles. The standard InChI is InChI=1S/C62H38S9.2C2H6/c1-35-43(39-15-11-27-55-59(39)68-51-23-7-3-19-47(51)64-55)31-37(32-44(35)40-16-12-28-56-60(40)69-52-24-8-4-20-48(52)65-56)63-38-33-45(41-17-13-29-57-61(41)70-53-25-9-5-21-49(53)66-57)36(2)46(34-38)42-18-14-30-58-62(42)71-54-26-10-6-22-50(54)67-58;2*1-2/h3-34H,1-2H3;2*1-2H3. The number of rotatable bonds is 6. The molecule has 0 saturated carbocycles. The van der Waals surface area contributed by atoms with Gasteiger partial charge >= 0.3 is 0 Å². The Morgan fingerprint density at radius 2 is 0.427 bits per heavy atom. The summed E-state index contributed by atoms with van der Waals surface area (Å²) < 4.78 is 0. The lowest BCUT2D eigenvalue weighted by molar-refractivity contribution is 1.15. The minimum atomic E-state index is 1.22. The molecule has 0 atom stereocenters. The van der Waals surface area contributed by atoms with E-state index < -0.39 is 0 Å². The van der Waals surface area contributed by atoms with Crippen LogP contribution in [-0.4, -0.2) is 0 Å². The monoisotopic (exact) mass is 1130 g/mol. The fraction of sp³-hybridized carbons (Fsp3) is 0.0909. The molecule has 0 aromatic heterocycles. The van der Waals surface area contributed by atoms with Crippen LogP contribution in [-0.2, 0) is 0 Å². The van der Waals surface area contributed by atoms with Crippen molar-refractivity contribution in [3.63, 3.8) is 0 Å². The highest BCUT2D eigenvalue weighted by Gasteiger charge is 2.28. The summed E-state index contributed by atoms with van der Waals surface area (Å²) in [5, 5.41) is 0. The molecule has 0 bridgehead atoms. The fourth-order valence-corrected chi connectivity index (χ4v) is 20.3. The highest BCUT2D eigenvalue weighted by atomic mass is 32.2. The third-order valence-electron chi connectivity index (χ3n) is 13.2. The molecule has 4 aliphatic rings. The molecule has 10 aromatic rings. The quantitative estimate of drug-likeness (QED) is 0.158. The average Bonchev–Trinajstić information content (AvgIpc) is 3.48. The molecule has 0 aliphatic carbocycles. The Balaban J connectivity index is 0.00000139. The van der Waals surface area contributed by atoms with Crippen molar-refractivity contribution in [1.82, 2.24) is 0 Å². The molecule has 9 heteroatoms. The van der Waals surface area contributed by atoms with Crippen molar-refractivity contribution >= 4 is 106 Å². The van der Waals surface area contributed by atoms with Gasteiger partial charge in [0.1, 0.15) is 0 Å². The highest BCUT2D eigenvalue weighted by molar-refractivity contribution is 8.06. The molecule has 0 nitrogen and oxygen atoms in total. The normalized spacial score (nSPS) is 13.1. The SMILES string of the molecule is CC.CC.Cc1c(-c2cccc3c2Sc2ccccc2S3)cc(Sc2cc(-c3cccc4c3Sc3ccccc3S4)c(C)c(-c3cccc4c3Sc3ccccc3S4)c2)cc1-c1cccc2c1Sc1ccccc1S2. The Labute approximate surface area is 480 Å². The van der Waals surface area contributed by atoms with Gasteiger partial charge in [-0.2, -0.15) is 0 Å². The zero-order valence-corrected chi connectivity index (χ0v) is 49.5. The zero-order valence-electron chi connectivity index (χ0n) is 42.1. The van der Waals surface area contributed by atoms with Crippen LogP contribution in [0.25, 0.3) is 44.5 Å². The maximum Gasteiger partial charge on any atom is 0.0340 e. The smallest absolute Gasteiger partial charge is 0.0340 e. The Kier molecular flexibility index (Phi) is 15.2. The first kappa shape index (κ1) is 51.1. The summed E-state index contributed by atoms with van der Waals surface area (Å²) >= 11 is 17.1. The third kappa shape index (κ3) is 9.78. The second-order valence-electron chi connectivity index (χ2n) is 17.5. The maximum absolute atomic E-state index is 2.48. The molecular weight excluding hydrogens is 1080 g/mol. The lowest BCUT2D eigenvalue weighted by atomic mass is 9.92. The third-order valence-corrected chi connectivity index (χ3v) is 24.6. The average molecular weight is 1130 g/mol. The molecule has 0 amide bonds. The first-order chi connectivity index (χ1) is 37.0. The summed E-state index contributed by atoms with van der Waals surface area (Å²) in [7, 11) is 0. The van der Waals surface area contributed by atoms with Gasteiger partial charge in [-0.3, -0.25) is 0 Å². The summed E-state index contributed by atoms with van der Waals surface area (Å²) in [6, 6.07) is 72.9. The summed E-state index contributed by atoms with van der Waals surface area (Å²) in [5.41, 5.74) is 12.9. The van der Waals surface area contributed by atoms with Crippen molar-refractivity contribution in [2.45, 2.75) is 130 Å². The molecule has 368 valence electrons.